The zero-order valence-corrected chi connectivity index (χ0v) is 12.9. The maximum atomic E-state index is 4.59. The van der Waals surface area contributed by atoms with Crippen LogP contribution in [0.15, 0.2) is 85.7 Å². The molecule has 0 radical (unpaired) electrons. The smallest absolute Gasteiger partial charge is 0.0782 e. The molecular weight excluding hydrogens is 296 g/mol. The van der Waals surface area contributed by atoms with Gasteiger partial charge in [0.25, 0.3) is 0 Å². The third-order valence-electron chi connectivity index (χ3n) is 3.81. The molecule has 4 heteroatoms. The van der Waals surface area contributed by atoms with E-state index in [1.807, 2.05) is 48.8 Å². The van der Waals surface area contributed by atoms with Gasteiger partial charge in [0.2, 0.25) is 0 Å². The average molecular weight is 310 g/mol. The summed E-state index contributed by atoms with van der Waals surface area (Å²) in [7, 11) is 0. The normalized spacial score (nSPS) is 10.5. The van der Waals surface area contributed by atoms with Crippen LogP contribution in [0.2, 0.25) is 0 Å². The molecule has 0 fully saturated rings. The molecule has 0 N–H and O–H groups in total. The van der Waals surface area contributed by atoms with E-state index in [0.29, 0.717) is 0 Å². The molecule has 0 bridgehead atoms. The van der Waals surface area contributed by atoms with Crippen molar-refractivity contribution in [2.24, 2.45) is 0 Å². The lowest BCUT2D eigenvalue weighted by molar-refractivity contribution is 1.27. The first-order valence-corrected chi connectivity index (χ1v) is 7.65. The molecule has 4 aromatic rings. The summed E-state index contributed by atoms with van der Waals surface area (Å²) in [4.78, 5) is 17.4. The first-order chi connectivity index (χ1) is 11.9. The van der Waals surface area contributed by atoms with Gasteiger partial charge in [0.05, 0.1) is 11.4 Å². The van der Waals surface area contributed by atoms with Gasteiger partial charge in [-0.05, 0) is 36.4 Å². The summed E-state index contributed by atoms with van der Waals surface area (Å²) in [5, 5.41) is 0. The Kier molecular flexibility index (Phi) is 3.78. The Bertz CT molecular complexity index is 872. The van der Waals surface area contributed by atoms with E-state index in [-0.39, 0.29) is 0 Å². The van der Waals surface area contributed by atoms with Crippen molar-refractivity contribution in [2.75, 3.05) is 0 Å². The highest BCUT2D eigenvalue weighted by Crippen LogP contribution is 2.35. The number of pyridine rings is 4. The molecule has 0 aliphatic carbocycles. The van der Waals surface area contributed by atoms with Crippen LogP contribution >= 0.6 is 0 Å². The van der Waals surface area contributed by atoms with Crippen molar-refractivity contribution in [1.29, 1.82) is 0 Å². The molecule has 0 unspecified atom stereocenters. The van der Waals surface area contributed by atoms with Crippen molar-refractivity contribution in [3.8, 4) is 33.6 Å². The fourth-order valence-corrected chi connectivity index (χ4v) is 2.72. The summed E-state index contributed by atoms with van der Waals surface area (Å²) in [6.07, 6.45) is 10.7. The zero-order valence-electron chi connectivity index (χ0n) is 12.9. The summed E-state index contributed by atoms with van der Waals surface area (Å²) >= 11 is 0. The molecule has 0 amide bonds. The van der Waals surface area contributed by atoms with Crippen LogP contribution < -0.4 is 0 Å². The molecule has 4 heterocycles. The Morgan fingerprint density at radius 3 is 1.29 bits per heavy atom. The van der Waals surface area contributed by atoms with E-state index in [0.717, 1.165) is 33.6 Å². The molecule has 4 rings (SSSR count). The number of rotatable bonds is 3. The fourth-order valence-electron chi connectivity index (χ4n) is 2.72. The van der Waals surface area contributed by atoms with Crippen molar-refractivity contribution in [1.82, 2.24) is 19.9 Å². The first-order valence-electron chi connectivity index (χ1n) is 7.65. The van der Waals surface area contributed by atoms with Gasteiger partial charge in [0, 0.05) is 59.4 Å². The van der Waals surface area contributed by atoms with Gasteiger partial charge < -0.3 is 0 Å². The van der Waals surface area contributed by atoms with Crippen LogP contribution in [0, 0.1) is 0 Å². The van der Waals surface area contributed by atoms with Crippen molar-refractivity contribution >= 4 is 0 Å². The zero-order chi connectivity index (χ0) is 16.2. The predicted octanol–water partition coefficient (Wildman–Crippen LogP) is 4.27. The van der Waals surface area contributed by atoms with E-state index in [1.54, 1.807) is 24.8 Å². The van der Waals surface area contributed by atoms with E-state index in [1.165, 1.54) is 0 Å². The fraction of sp³-hybridized carbons (Fsp3) is 0. The minimum Gasteiger partial charge on any atom is -0.265 e. The Morgan fingerprint density at radius 1 is 0.458 bits per heavy atom. The van der Waals surface area contributed by atoms with Gasteiger partial charge in [-0.25, -0.2) is 0 Å². The Balaban J connectivity index is 1.93. The number of hydrogen-bond donors (Lipinski definition) is 0. The van der Waals surface area contributed by atoms with Crippen molar-refractivity contribution in [2.45, 2.75) is 0 Å². The van der Waals surface area contributed by atoms with Gasteiger partial charge in [-0.3, -0.25) is 19.9 Å². The maximum Gasteiger partial charge on any atom is 0.0782 e. The maximum absolute atomic E-state index is 4.59. The molecule has 0 atom stereocenters. The van der Waals surface area contributed by atoms with Gasteiger partial charge >= 0.3 is 0 Å². The molecule has 24 heavy (non-hydrogen) atoms. The number of aromatic nitrogens is 4. The molecule has 0 aliphatic heterocycles. The molecule has 0 saturated heterocycles. The summed E-state index contributed by atoms with van der Waals surface area (Å²) in [5.41, 5.74) is 5.99. The lowest BCUT2D eigenvalue weighted by Crippen LogP contribution is -1.93. The van der Waals surface area contributed by atoms with E-state index < -0.39 is 0 Å². The van der Waals surface area contributed by atoms with Crippen LogP contribution in [0.4, 0.5) is 0 Å². The largest absolute Gasteiger partial charge is 0.265 e. The molecule has 0 aromatic carbocycles. The monoisotopic (exact) mass is 310 g/mol. The van der Waals surface area contributed by atoms with E-state index in [4.69, 9.17) is 0 Å². The molecule has 4 nitrogen and oxygen atoms in total. The second-order valence-electron chi connectivity index (χ2n) is 5.27. The van der Waals surface area contributed by atoms with Crippen LogP contribution in [-0.2, 0) is 0 Å². The molecule has 4 aromatic heterocycles. The van der Waals surface area contributed by atoms with Crippen molar-refractivity contribution in [3.05, 3.63) is 85.7 Å². The van der Waals surface area contributed by atoms with Gasteiger partial charge in [0.1, 0.15) is 0 Å². The van der Waals surface area contributed by atoms with Crippen LogP contribution in [0.25, 0.3) is 33.6 Å². The van der Waals surface area contributed by atoms with Crippen LogP contribution in [0.3, 0.4) is 0 Å². The Morgan fingerprint density at radius 2 is 0.875 bits per heavy atom. The first kappa shape index (κ1) is 14.2. The Labute approximate surface area is 139 Å². The van der Waals surface area contributed by atoms with Gasteiger partial charge in [-0.15, -0.1) is 0 Å². The minimum atomic E-state index is 0.920. The predicted molar refractivity (Wildman–Crippen MR) is 93.9 cm³/mol. The summed E-state index contributed by atoms with van der Waals surface area (Å²) in [5.74, 6) is 0. The van der Waals surface area contributed by atoms with Crippen molar-refractivity contribution < 1.29 is 0 Å². The molecule has 0 saturated carbocycles. The minimum absolute atomic E-state index is 0.920. The van der Waals surface area contributed by atoms with E-state index in [2.05, 4.69) is 32.1 Å². The van der Waals surface area contributed by atoms with Crippen LogP contribution in [0.1, 0.15) is 0 Å². The van der Waals surface area contributed by atoms with Gasteiger partial charge in [-0.2, -0.15) is 0 Å². The van der Waals surface area contributed by atoms with Crippen molar-refractivity contribution in [3.63, 3.8) is 0 Å². The molecular formula is C20H14N4. The lowest BCUT2D eigenvalue weighted by Gasteiger charge is -2.12. The second-order valence-corrected chi connectivity index (χ2v) is 5.27. The highest BCUT2D eigenvalue weighted by molar-refractivity contribution is 5.88. The molecule has 0 aliphatic rings. The van der Waals surface area contributed by atoms with E-state index >= 15 is 0 Å². The third-order valence-corrected chi connectivity index (χ3v) is 3.81. The highest BCUT2D eigenvalue weighted by atomic mass is 14.7. The number of nitrogens with zero attached hydrogens (tertiary/aromatic N) is 4. The second kappa shape index (κ2) is 6.38. The highest BCUT2D eigenvalue weighted by Gasteiger charge is 2.13. The Hall–Kier alpha value is -3.40. The summed E-state index contributed by atoms with van der Waals surface area (Å²) in [6.45, 7) is 0. The quantitative estimate of drug-likeness (QED) is 0.567. The van der Waals surface area contributed by atoms with Crippen LogP contribution in [-0.4, -0.2) is 19.9 Å². The van der Waals surface area contributed by atoms with Gasteiger partial charge in [-0.1, -0.05) is 12.1 Å². The molecule has 0 spiro atoms. The standard InChI is InChI=1S/C20H14N4/c1-3-17(19(23-9-1)15-5-11-21-12-6-15)18-4-2-10-24-20(18)16-7-13-22-14-8-16/h1-14H. The molecule has 114 valence electrons. The van der Waals surface area contributed by atoms with Crippen LogP contribution in [0.5, 0.6) is 0 Å². The third kappa shape index (κ3) is 2.65. The average Bonchev–Trinajstić information content (AvgIpc) is 2.69. The van der Waals surface area contributed by atoms with Gasteiger partial charge in [0.15, 0.2) is 0 Å². The SMILES string of the molecule is c1cnc(-c2ccncc2)c(-c2cccnc2-c2ccncc2)c1. The van der Waals surface area contributed by atoms with E-state index in [9.17, 15) is 0 Å². The topological polar surface area (TPSA) is 51.6 Å². The summed E-state index contributed by atoms with van der Waals surface area (Å²) < 4.78 is 0. The summed E-state index contributed by atoms with van der Waals surface area (Å²) in [6, 6.07) is 15.9. The number of hydrogen-bond acceptors (Lipinski definition) is 4. The lowest BCUT2D eigenvalue weighted by atomic mass is 9.96.